The van der Waals surface area contributed by atoms with E-state index < -0.39 is 11.4 Å². The number of hydrogen-bond acceptors (Lipinski definition) is 2. The minimum Gasteiger partial charge on any atom is -0.481 e. The predicted octanol–water partition coefficient (Wildman–Crippen LogP) is 2.42. The van der Waals surface area contributed by atoms with Crippen molar-refractivity contribution >= 4 is 16.9 Å². The van der Waals surface area contributed by atoms with E-state index in [4.69, 9.17) is 0 Å². The van der Waals surface area contributed by atoms with Crippen LogP contribution in [0.2, 0.25) is 0 Å². The molecular formula is C13H16N2O2. The lowest BCUT2D eigenvalue weighted by Crippen LogP contribution is -2.28. The van der Waals surface area contributed by atoms with Crippen molar-refractivity contribution in [1.29, 1.82) is 0 Å². The molecule has 17 heavy (non-hydrogen) atoms. The van der Waals surface area contributed by atoms with Crippen LogP contribution in [-0.4, -0.2) is 20.9 Å². The van der Waals surface area contributed by atoms with Gasteiger partial charge in [0.2, 0.25) is 0 Å². The van der Waals surface area contributed by atoms with Crippen LogP contribution in [0.5, 0.6) is 0 Å². The second kappa shape index (κ2) is 3.87. The maximum atomic E-state index is 11.3. The number of benzene rings is 1. The first-order valence-electron chi connectivity index (χ1n) is 5.67. The molecule has 0 saturated heterocycles. The molecule has 1 heterocycles. The molecule has 90 valence electrons. The number of carboxylic acids is 1. The summed E-state index contributed by atoms with van der Waals surface area (Å²) in [5.41, 5.74) is 0.614. The van der Waals surface area contributed by atoms with Gasteiger partial charge >= 0.3 is 5.97 Å². The molecule has 0 radical (unpaired) electrons. The molecule has 0 unspecified atom stereocenters. The van der Waals surface area contributed by atoms with E-state index >= 15 is 0 Å². The maximum Gasteiger partial charge on any atom is 0.313 e. The number of aliphatic carboxylic acids is 1. The summed E-state index contributed by atoms with van der Waals surface area (Å²) in [5, 5.41) is 14.7. The van der Waals surface area contributed by atoms with Crippen molar-refractivity contribution in [3.05, 3.63) is 30.0 Å². The third-order valence-corrected chi connectivity index (χ3v) is 3.12. The number of carboxylic acid groups (broad SMARTS) is 1. The summed E-state index contributed by atoms with van der Waals surface area (Å²) >= 11 is 0. The Morgan fingerprint density at radius 1 is 1.47 bits per heavy atom. The highest BCUT2D eigenvalue weighted by atomic mass is 16.4. The van der Waals surface area contributed by atoms with Crippen LogP contribution in [0.15, 0.2) is 24.4 Å². The zero-order chi connectivity index (χ0) is 12.6. The summed E-state index contributed by atoms with van der Waals surface area (Å²) < 4.78 is 1.83. The van der Waals surface area contributed by atoms with E-state index in [1.807, 2.05) is 36.0 Å². The molecule has 2 aromatic rings. The maximum absolute atomic E-state index is 11.3. The van der Waals surface area contributed by atoms with Crippen LogP contribution in [0.3, 0.4) is 0 Å². The van der Waals surface area contributed by atoms with Gasteiger partial charge in [0.1, 0.15) is 0 Å². The molecule has 0 aliphatic heterocycles. The van der Waals surface area contributed by atoms with E-state index in [1.165, 1.54) is 0 Å². The Hall–Kier alpha value is -1.84. The largest absolute Gasteiger partial charge is 0.481 e. The molecule has 1 N–H and O–H groups in total. The zero-order valence-corrected chi connectivity index (χ0v) is 10.3. The molecule has 0 amide bonds. The Kier molecular flexibility index (Phi) is 2.65. The quantitative estimate of drug-likeness (QED) is 0.884. The Balaban J connectivity index is 2.69. The Labute approximate surface area is 99.9 Å². The number of rotatable bonds is 3. The summed E-state index contributed by atoms with van der Waals surface area (Å²) in [6.07, 6.45) is 1.94. The fraction of sp³-hybridized carbons (Fsp3) is 0.385. The van der Waals surface area contributed by atoms with Crippen LogP contribution < -0.4 is 0 Å². The van der Waals surface area contributed by atoms with Gasteiger partial charge in [-0.05, 0) is 26.3 Å². The molecule has 1 aromatic carbocycles. The van der Waals surface area contributed by atoms with Gasteiger partial charge in [-0.25, -0.2) is 0 Å². The van der Waals surface area contributed by atoms with Gasteiger partial charge in [0, 0.05) is 18.1 Å². The molecular weight excluding hydrogens is 216 g/mol. The topological polar surface area (TPSA) is 55.1 Å². The molecule has 0 atom stereocenters. The van der Waals surface area contributed by atoms with Crippen molar-refractivity contribution in [2.24, 2.45) is 0 Å². The lowest BCUT2D eigenvalue weighted by atomic mass is 9.84. The normalized spacial score (nSPS) is 11.9. The SMILES string of the molecule is CCn1cc2cccc(C(C)(C)C(=O)O)c2n1. The van der Waals surface area contributed by atoms with Gasteiger partial charge in [-0.3, -0.25) is 9.48 Å². The fourth-order valence-electron chi connectivity index (χ4n) is 1.88. The van der Waals surface area contributed by atoms with Gasteiger partial charge in [0.05, 0.1) is 10.9 Å². The summed E-state index contributed by atoms with van der Waals surface area (Å²) in [5.74, 6) is -0.837. The van der Waals surface area contributed by atoms with E-state index in [1.54, 1.807) is 13.8 Å². The highest BCUT2D eigenvalue weighted by Crippen LogP contribution is 2.29. The first-order valence-corrected chi connectivity index (χ1v) is 5.67. The van der Waals surface area contributed by atoms with Crippen LogP contribution in [-0.2, 0) is 16.8 Å². The monoisotopic (exact) mass is 232 g/mol. The highest BCUT2D eigenvalue weighted by Gasteiger charge is 2.31. The van der Waals surface area contributed by atoms with Gasteiger partial charge in [0.25, 0.3) is 0 Å². The number of hydrogen-bond donors (Lipinski definition) is 1. The van der Waals surface area contributed by atoms with Crippen molar-refractivity contribution in [3.8, 4) is 0 Å². The molecule has 0 aliphatic carbocycles. The summed E-state index contributed by atoms with van der Waals surface area (Å²) in [6, 6.07) is 5.67. The highest BCUT2D eigenvalue weighted by molar-refractivity contribution is 5.90. The number of nitrogens with zero attached hydrogens (tertiary/aromatic N) is 2. The molecule has 0 aliphatic rings. The third kappa shape index (κ3) is 1.79. The predicted molar refractivity (Wildman–Crippen MR) is 66.1 cm³/mol. The molecule has 0 saturated carbocycles. The Bertz CT molecular complexity index is 570. The molecule has 0 spiro atoms. The molecule has 0 fully saturated rings. The van der Waals surface area contributed by atoms with Crippen LogP contribution in [0.25, 0.3) is 10.9 Å². The molecule has 2 rings (SSSR count). The standard InChI is InChI=1S/C13H16N2O2/c1-4-15-8-9-6-5-7-10(11(9)14-15)13(2,3)12(16)17/h5-8H,4H2,1-3H3,(H,16,17). The van der Waals surface area contributed by atoms with Gasteiger partial charge in [0.15, 0.2) is 0 Å². The molecule has 4 nitrogen and oxygen atoms in total. The van der Waals surface area contributed by atoms with E-state index in [-0.39, 0.29) is 0 Å². The van der Waals surface area contributed by atoms with Crippen LogP contribution in [0, 0.1) is 0 Å². The lowest BCUT2D eigenvalue weighted by molar-refractivity contribution is -0.142. The first-order chi connectivity index (χ1) is 7.96. The molecule has 0 bridgehead atoms. The number of aryl methyl sites for hydroxylation is 1. The van der Waals surface area contributed by atoms with E-state index in [0.717, 1.165) is 23.0 Å². The average molecular weight is 232 g/mol. The fourth-order valence-corrected chi connectivity index (χ4v) is 1.88. The average Bonchev–Trinajstić information content (AvgIpc) is 2.70. The van der Waals surface area contributed by atoms with Crippen molar-refractivity contribution < 1.29 is 9.90 Å². The number of fused-ring (bicyclic) bond motifs is 1. The summed E-state index contributed by atoms with van der Waals surface area (Å²) in [4.78, 5) is 11.3. The molecule has 1 aromatic heterocycles. The molecule has 4 heteroatoms. The first kappa shape index (κ1) is 11.6. The zero-order valence-electron chi connectivity index (χ0n) is 10.3. The lowest BCUT2D eigenvalue weighted by Gasteiger charge is -2.19. The Morgan fingerprint density at radius 3 is 2.76 bits per heavy atom. The van der Waals surface area contributed by atoms with Crippen LogP contribution in [0.1, 0.15) is 26.3 Å². The second-order valence-electron chi connectivity index (χ2n) is 4.66. The van der Waals surface area contributed by atoms with Crippen molar-refractivity contribution in [2.75, 3.05) is 0 Å². The smallest absolute Gasteiger partial charge is 0.313 e. The summed E-state index contributed by atoms with van der Waals surface area (Å²) in [6.45, 7) is 6.19. The van der Waals surface area contributed by atoms with Gasteiger partial charge in [-0.15, -0.1) is 0 Å². The van der Waals surface area contributed by atoms with Gasteiger partial charge in [-0.2, -0.15) is 5.10 Å². The number of carbonyl (C=O) groups is 1. The van der Waals surface area contributed by atoms with Crippen molar-refractivity contribution in [3.63, 3.8) is 0 Å². The minimum absolute atomic E-state index is 0.759. The van der Waals surface area contributed by atoms with Crippen molar-refractivity contribution in [2.45, 2.75) is 32.7 Å². The van der Waals surface area contributed by atoms with Crippen molar-refractivity contribution in [1.82, 2.24) is 9.78 Å². The van der Waals surface area contributed by atoms with Crippen LogP contribution >= 0.6 is 0 Å². The van der Waals surface area contributed by atoms with Gasteiger partial charge < -0.3 is 5.11 Å². The third-order valence-electron chi connectivity index (χ3n) is 3.12. The second-order valence-corrected chi connectivity index (χ2v) is 4.66. The minimum atomic E-state index is -0.924. The Morgan fingerprint density at radius 2 is 2.18 bits per heavy atom. The number of aromatic nitrogens is 2. The van der Waals surface area contributed by atoms with Crippen LogP contribution in [0.4, 0.5) is 0 Å². The van der Waals surface area contributed by atoms with E-state index in [2.05, 4.69) is 5.10 Å². The van der Waals surface area contributed by atoms with E-state index in [9.17, 15) is 9.90 Å². The van der Waals surface area contributed by atoms with Gasteiger partial charge in [-0.1, -0.05) is 18.2 Å². The van der Waals surface area contributed by atoms with E-state index in [0.29, 0.717) is 0 Å². The summed E-state index contributed by atoms with van der Waals surface area (Å²) in [7, 11) is 0.